The first-order chi connectivity index (χ1) is 11.1. The Balaban J connectivity index is 0.000000664. The molecule has 1 N–H and O–H groups in total. The lowest BCUT2D eigenvalue weighted by molar-refractivity contribution is -0.377. The summed E-state index contributed by atoms with van der Waals surface area (Å²) in [6.45, 7) is 2.24. The van der Waals surface area contributed by atoms with Crippen LogP contribution in [0.2, 0.25) is 0 Å². The molecule has 23 heavy (non-hydrogen) atoms. The normalized spacial score (nSPS) is 10.9. The van der Waals surface area contributed by atoms with Crippen LogP contribution in [0.3, 0.4) is 0 Å². The van der Waals surface area contributed by atoms with Gasteiger partial charge >= 0.3 is 0 Å². The summed E-state index contributed by atoms with van der Waals surface area (Å²) in [5, 5.41) is 0. The zero-order valence-electron chi connectivity index (χ0n) is 14.2. The molecular formula is C17H31NO4S. The number of aromatic amines is 1. The predicted molar refractivity (Wildman–Crippen MR) is 90.5 cm³/mol. The molecule has 0 aliphatic rings. The molecule has 0 spiro atoms. The first-order valence-electron chi connectivity index (χ1n) is 8.57. The quantitative estimate of drug-likeness (QED) is 0.327. The summed E-state index contributed by atoms with van der Waals surface area (Å²) in [5.41, 5.74) is 0. The molecule has 0 saturated carbocycles. The van der Waals surface area contributed by atoms with Gasteiger partial charge in [-0.05, 0) is 6.42 Å². The van der Waals surface area contributed by atoms with Crippen LogP contribution < -0.4 is 4.98 Å². The summed E-state index contributed by atoms with van der Waals surface area (Å²) in [6.07, 6.45) is 15.4. The number of H-pyrrole nitrogens is 1. The second kappa shape index (κ2) is 15.9. The Hall–Kier alpha value is -0.980. The van der Waals surface area contributed by atoms with Crippen LogP contribution in [0, 0.1) is 0 Å². The van der Waals surface area contributed by atoms with Crippen molar-refractivity contribution in [2.75, 3.05) is 6.61 Å². The summed E-state index contributed by atoms with van der Waals surface area (Å²) in [7, 11) is -4.48. The van der Waals surface area contributed by atoms with Crippen molar-refractivity contribution in [3.63, 3.8) is 0 Å². The average Bonchev–Trinajstić information content (AvgIpc) is 2.54. The predicted octanol–water partition coefficient (Wildman–Crippen LogP) is 3.88. The molecule has 0 unspecified atom stereocenters. The lowest BCUT2D eigenvalue weighted by Gasteiger charge is -2.06. The van der Waals surface area contributed by atoms with Crippen LogP contribution in [0.5, 0.6) is 0 Å². The fraction of sp³-hybridized carbons (Fsp3) is 0.706. The van der Waals surface area contributed by atoms with Crippen LogP contribution in [0.25, 0.3) is 0 Å². The first kappa shape index (κ1) is 22.0. The average molecular weight is 346 g/mol. The Morgan fingerprint density at radius 1 is 0.826 bits per heavy atom. The van der Waals surface area contributed by atoms with Crippen molar-refractivity contribution in [1.82, 2.24) is 0 Å². The molecule has 0 radical (unpaired) electrons. The third kappa shape index (κ3) is 21.0. The third-order valence-corrected chi connectivity index (χ3v) is 3.79. The van der Waals surface area contributed by atoms with Gasteiger partial charge in [-0.25, -0.2) is 13.4 Å². The van der Waals surface area contributed by atoms with Gasteiger partial charge < -0.3 is 4.55 Å². The molecule has 0 amide bonds. The van der Waals surface area contributed by atoms with Gasteiger partial charge in [-0.15, -0.1) is 0 Å². The SMILES string of the molecule is CCCCCCCCCCCCOS(=O)(=O)[O-].c1cc[nH+]cc1. The second-order valence-electron chi connectivity index (χ2n) is 5.49. The van der Waals surface area contributed by atoms with Crippen LogP contribution in [-0.4, -0.2) is 19.6 Å². The number of hydrogen-bond acceptors (Lipinski definition) is 4. The molecule has 0 aliphatic carbocycles. The lowest BCUT2D eigenvalue weighted by atomic mass is 10.1. The molecule has 0 aromatic carbocycles. The van der Waals surface area contributed by atoms with E-state index in [0.717, 1.165) is 12.8 Å². The molecule has 134 valence electrons. The molecule has 6 heteroatoms. The Morgan fingerprint density at radius 3 is 1.65 bits per heavy atom. The lowest BCUT2D eigenvalue weighted by Crippen LogP contribution is -2.05. The Bertz CT molecular complexity index is 410. The van der Waals surface area contributed by atoms with Crippen molar-refractivity contribution in [3.05, 3.63) is 30.6 Å². The van der Waals surface area contributed by atoms with Crippen molar-refractivity contribution in [2.45, 2.75) is 71.1 Å². The van der Waals surface area contributed by atoms with Crippen LogP contribution in [0.4, 0.5) is 0 Å². The van der Waals surface area contributed by atoms with E-state index < -0.39 is 10.4 Å². The number of unbranched alkanes of at least 4 members (excludes halogenated alkanes) is 9. The molecule has 0 atom stereocenters. The van der Waals surface area contributed by atoms with Crippen molar-refractivity contribution < 1.29 is 22.1 Å². The Labute approximate surface area is 141 Å². The summed E-state index contributed by atoms with van der Waals surface area (Å²) in [5.74, 6) is 0. The van der Waals surface area contributed by atoms with E-state index in [1.165, 1.54) is 44.9 Å². The van der Waals surface area contributed by atoms with Crippen LogP contribution >= 0.6 is 0 Å². The Morgan fingerprint density at radius 2 is 1.30 bits per heavy atom. The Kier molecular flexibility index (Phi) is 15.2. The summed E-state index contributed by atoms with van der Waals surface area (Å²) in [6, 6.07) is 5.86. The zero-order chi connectivity index (χ0) is 17.2. The maximum atomic E-state index is 10.1. The van der Waals surface area contributed by atoms with E-state index in [4.69, 9.17) is 0 Å². The van der Waals surface area contributed by atoms with Gasteiger partial charge in [-0.1, -0.05) is 70.8 Å². The molecule has 0 bridgehead atoms. The second-order valence-corrected chi connectivity index (χ2v) is 6.54. The fourth-order valence-corrected chi connectivity index (χ4v) is 2.41. The van der Waals surface area contributed by atoms with Crippen LogP contribution in [-0.2, 0) is 14.6 Å². The number of nitrogens with one attached hydrogen (secondary N) is 1. The minimum absolute atomic E-state index is 0.0301. The van der Waals surface area contributed by atoms with Gasteiger partial charge in [-0.3, -0.25) is 4.18 Å². The maximum absolute atomic E-state index is 10.1. The summed E-state index contributed by atoms with van der Waals surface area (Å²) >= 11 is 0. The first-order valence-corrected chi connectivity index (χ1v) is 9.91. The molecule has 5 nitrogen and oxygen atoms in total. The zero-order valence-corrected chi connectivity index (χ0v) is 15.0. The topological polar surface area (TPSA) is 80.6 Å². The maximum Gasteiger partial charge on any atom is 0.217 e. The highest BCUT2D eigenvalue weighted by Crippen LogP contribution is 2.10. The highest BCUT2D eigenvalue weighted by Gasteiger charge is 1.95. The molecule has 1 aromatic heterocycles. The fourth-order valence-electron chi connectivity index (χ4n) is 2.09. The molecule has 1 rings (SSSR count). The monoisotopic (exact) mass is 345 g/mol. The summed E-state index contributed by atoms with van der Waals surface area (Å²) in [4.78, 5) is 2.89. The molecule has 0 saturated heterocycles. The van der Waals surface area contributed by atoms with Gasteiger partial charge in [0, 0.05) is 12.1 Å². The molecular weight excluding hydrogens is 314 g/mol. The van der Waals surface area contributed by atoms with E-state index in [2.05, 4.69) is 16.1 Å². The number of rotatable bonds is 12. The van der Waals surface area contributed by atoms with E-state index in [9.17, 15) is 13.0 Å². The van der Waals surface area contributed by atoms with Gasteiger partial charge in [0.15, 0.2) is 12.4 Å². The minimum atomic E-state index is -4.48. The van der Waals surface area contributed by atoms with E-state index in [1.54, 1.807) is 0 Å². The molecule has 1 aromatic rings. The third-order valence-electron chi connectivity index (χ3n) is 3.33. The molecule has 0 fully saturated rings. The van der Waals surface area contributed by atoms with Crippen LogP contribution in [0.15, 0.2) is 30.6 Å². The van der Waals surface area contributed by atoms with Crippen molar-refractivity contribution >= 4 is 10.4 Å². The molecule has 0 aliphatic heterocycles. The highest BCUT2D eigenvalue weighted by molar-refractivity contribution is 7.80. The van der Waals surface area contributed by atoms with Gasteiger partial charge in [0.2, 0.25) is 10.4 Å². The smallest absolute Gasteiger partial charge is 0.217 e. The van der Waals surface area contributed by atoms with Gasteiger partial charge in [0.25, 0.3) is 0 Å². The number of aromatic nitrogens is 1. The minimum Gasteiger partial charge on any atom is -0.726 e. The van der Waals surface area contributed by atoms with E-state index in [1.807, 2.05) is 30.6 Å². The standard InChI is InChI=1S/C12H26O4S.C5H5N/c1-2-3-4-5-6-7-8-9-10-11-12-16-17(13,14)15;1-2-4-6-5-3-1/h2-12H2,1H3,(H,13,14,15);1-5H. The largest absolute Gasteiger partial charge is 0.726 e. The van der Waals surface area contributed by atoms with Gasteiger partial charge in [-0.2, -0.15) is 0 Å². The van der Waals surface area contributed by atoms with E-state index in [0.29, 0.717) is 6.42 Å². The van der Waals surface area contributed by atoms with Gasteiger partial charge in [0.1, 0.15) is 0 Å². The number of pyridine rings is 1. The van der Waals surface area contributed by atoms with Crippen LogP contribution in [0.1, 0.15) is 71.1 Å². The highest BCUT2D eigenvalue weighted by atomic mass is 32.3. The number of hydrogen-bond donors (Lipinski definition) is 0. The van der Waals surface area contributed by atoms with Gasteiger partial charge in [0.05, 0.1) is 6.61 Å². The van der Waals surface area contributed by atoms with Crippen molar-refractivity contribution in [2.24, 2.45) is 0 Å². The van der Waals surface area contributed by atoms with Crippen molar-refractivity contribution in [3.8, 4) is 0 Å². The molecule has 1 heterocycles. The van der Waals surface area contributed by atoms with E-state index >= 15 is 0 Å². The van der Waals surface area contributed by atoms with Crippen molar-refractivity contribution in [1.29, 1.82) is 0 Å². The van der Waals surface area contributed by atoms with E-state index in [-0.39, 0.29) is 6.61 Å². The summed E-state index contributed by atoms with van der Waals surface area (Å²) < 4.78 is 34.5.